The van der Waals surface area contributed by atoms with E-state index in [0.717, 1.165) is 6.07 Å². The Hall–Kier alpha value is -0.770. The first kappa shape index (κ1) is 17.3. The molecule has 0 saturated carbocycles. The predicted octanol–water partition coefficient (Wildman–Crippen LogP) is 1.19. The average Bonchev–Trinajstić information content (AvgIpc) is 2.38. The molecule has 1 aromatic rings. The number of aromatic carboxylic acids is 1. The number of nitrogens with one attached hydrogen (secondary N) is 1. The van der Waals surface area contributed by atoms with E-state index in [1.807, 2.05) is 0 Å². The summed E-state index contributed by atoms with van der Waals surface area (Å²) in [6, 6.07) is 3.74. The molecule has 1 rings (SSSR count). The molecule has 1 aromatic carbocycles. The summed E-state index contributed by atoms with van der Waals surface area (Å²) in [6.45, 7) is 1.78. The lowest BCUT2D eigenvalue weighted by atomic mass is 10.2. The standard InChI is InChI=1S/C11H14BrNO5S2/c1-2-19(16)6-5-13-20(17,18)10-7-8(11(14)15)3-4-9(10)12/h3-4,7,13H,2,5-6H2,1H3,(H,14,15). The van der Waals surface area contributed by atoms with Crippen LogP contribution in [-0.2, 0) is 20.8 Å². The maximum atomic E-state index is 12.1. The van der Waals surface area contributed by atoms with Crippen molar-refractivity contribution in [3.05, 3.63) is 28.2 Å². The van der Waals surface area contributed by atoms with Crippen molar-refractivity contribution in [3.63, 3.8) is 0 Å². The first-order valence-corrected chi connectivity index (χ1v) is 9.42. The van der Waals surface area contributed by atoms with Crippen molar-refractivity contribution in [1.82, 2.24) is 4.72 Å². The fourth-order valence-electron chi connectivity index (χ4n) is 1.35. The van der Waals surface area contributed by atoms with Gasteiger partial charge in [0.05, 0.1) is 10.5 Å². The van der Waals surface area contributed by atoms with Crippen molar-refractivity contribution in [3.8, 4) is 0 Å². The number of carboxylic acids is 1. The van der Waals surface area contributed by atoms with Crippen LogP contribution in [0.2, 0.25) is 0 Å². The lowest BCUT2D eigenvalue weighted by Gasteiger charge is -2.09. The van der Waals surface area contributed by atoms with Gasteiger partial charge in [0, 0.05) is 33.3 Å². The third-order valence-electron chi connectivity index (χ3n) is 2.41. The molecule has 9 heteroatoms. The number of rotatable bonds is 7. The van der Waals surface area contributed by atoms with Crippen LogP contribution in [0.1, 0.15) is 17.3 Å². The number of halogens is 1. The molecule has 0 bridgehead atoms. The predicted molar refractivity (Wildman–Crippen MR) is 79.8 cm³/mol. The number of hydrogen-bond acceptors (Lipinski definition) is 4. The minimum atomic E-state index is -3.85. The minimum absolute atomic E-state index is 0.0342. The van der Waals surface area contributed by atoms with Gasteiger partial charge in [-0.2, -0.15) is 0 Å². The molecule has 0 aliphatic heterocycles. The Bertz CT molecular complexity index is 630. The monoisotopic (exact) mass is 383 g/mol. The smallest absolute Gasteiger partial charge is 0.335 e. The molecule has 0 radical (unpaired) electrons. The summed E-state index contributed by atoms with van der Waals surface area (Å²) in [4.78, 5) is 10.7. The molecule has 1 unspecified atom stereocenters. The van der Waals surface area contributed by atoms with Gasteiger partial charge in [0.25, 0.3) is 0 Å². The van der Waals surface area contributed by atoms with Crippen molar-refractivity contribution in [2.24, 2.45) is 0 Å². The number of carboxylic acid groups (broad SMARTS) is 1. The largest absolute Gasteiger partial charge is 0.478 e. The second kappa shape index (κ2) is 7.30. The van der Waals surface area contributed by atoms with Crippen LogP contribution in [0.3, 0.4) is 0 Å². The van der Waals surface area contributed by atoms with Gasteiger partial charge in [-0.1, -0.05) is 6.92 Å². The van der Waals surface area contributed by atoms with E-state index in [4.69, 9.17) is 5.11 Å². The third-order valence-corrected chi connectivity index (χ3v) is 6.17. The molecule has 0 heterocycles. The number of carbonyl (C=O) groups is 1. The van der Waals surface area contributed by atoms with Gasteiger partial charge in [-0.05, 0) is 34.1 Å². The topological polar surface area (TPSA) is 101 Å². The number of hydrogen-bond donors (Lipinski definition) is 2. The van der Waals surface area contributed by atoms with Crippen LogP contribution in [0.4, 0.5) is 0 Å². The second-order valence-corrected chi connectivity index (χ2v) is 8.24. The highest BCUT2D eigenvalue weighted by molar-refractivity contribution is 9.10. The van der Waals surface area contributed by atoms with E-state index in [9.17, 15) is 17.4 Å². The van der Waals surface area contributed by atoms with Crippen molar-refractivity contribution in [2.75, 3.05) is 18.1 Å². The van der Waals surface area contributed by atoms with Crippen LogP contribution in [0.5, 0.6) is 0 Å². The Balaban J connectivity index is 2.94. The molecule has 6 nitrogen and oxygen atoms in total. The second-order valence-electron chi connectivity index (χ2n) is 3.78. The first-order valence-electron chi connectivity index (χ1n) is 5.65. The van der Waals surface area contributed by atoms with E-state index >= 15 is 0 Å². The lowest BCUT2D eigenvalue weighted by Crippen LogP contribution is -2.28. The fraction of sp³-hybridized carbons (Fsp3) is 0.364. The van der Waals surface area contributed by atoms with E-state index in [0.29, 0.717) is 5.75 Å². The summed E-state index contributed by atoms with van der Waals surface area (Å²) >= 11 is 3.08. The summed E-state index contributed by atoms with van der Waals surface area (Å²) in [7, 11) is -4.91. The highest BCUT2D eigenvalue weighted by Gasteiger charge is 2.19. The van der Waals surface area contributed by atoms with Crippen LogP contribution in [0.15, 0.2) is 27.6 Å². The summed E-state index contributed by atoms with van der Waals surface area (Å²) in [5, 5.41) is 8.88. The zero-order valence-electron chi connectivity index (χ0n) is 10.6. The normalized spacial score (nSPS) is 13.1. The maximum absolute atomic E-state index is 12.1. The van der Waals surface area contributed by atoms with E-state index in [2.05, 4.69) is 20.7 Å². The van der Waals surface area contributed by atoms with Crippen molar-refractivity contribution in [1.29, 1.82) is 0 Å². The molecule has 0 aliphatic rings. The van der Waals surface area contributed by atoms with Crippen LogP contribution < -0.4 is 4.72 Å². The van der Waals surface area contributed by atoms with E-state index in [1.165, 1.54) is 12.1 Å². The molecule has 0 spiro atoms. The van der Waals surface area contributed by atoms with Gasteiger partial charge in [0.2, 0.25) is 10.0 Å². The maximum Gasteiger partial charge on any atom is 0.335 e. The van der Waals surface area contributed by atoms with Gasteiger partial charge in [-0.3, -0.25) is 4.21 Å². The molecule has 20 heavy (non-hydrogen) atoms. The number of benzene rings is 1. The molecule has 0 amide bonds. The van der Waals surface area contributed by atoms with E-state index in [-0.39, 0.29) is 27.2 Å². The molecule has 0 saturated heterocycles. The minimum Gasteiger partial charge on any atom is -0.478 e. The average molecular weight is 384 g/mol. The van der Waals surface area contributed by atoms with Gasteiger partial charge < -0.3 is 5.11 Å². The SMILES string of the molecule is CCS(=O)CCNS(=O)(=O)c1cc(C(=O)O)ccc1Br. The Morgan fingerprint density at radius 2 is 2.10 bits per heavy atom. The third kappa shape index (κ3) is 4.65. The van der Waals surface area contributed by atoms with Gasteiger partial charge in [-0.15, -0.1) is 0 Å². The van der Waals surface area contributed by atoms with Gasteiger partial charge in [0.1, 0.15) is 0 Å². The number of sulfonamides is 1. The fourth-order valence-corrected chi connectivity index (χ4v) is 4.12. The Labute approximate surface area is 128 Å². The molecule has 0 aromatic heterocycles. The Morgan fingerprint density at radius 1 is 1.45 bits per heavy atom. The summed E-state index contributed by atoms with van der Waals surface area (Å²) in [6.07, 6.45) is 0. The molecule has 1 atom stereocenters. The van der Waals surface area contributed by atoms with Crippen molar-refractivity contribution < 1.29 is 22.5 Å². The van der Waals surface area contributed by atoms with Gasteiger partial charge in [-0.25, -0.2) is 17.9 Å². The first-order chi connectivity index (χ1) is 9.27. The quantitative estimate of drug-likeness (QED) is 0.736. The summed E-state index contributed by atoms with van der Waals surface area (Å²) in [5.74, 6) is -0.535. The molecule has 112 valence electrons. The Morgan fingerprint density at radius 3 is 2.65 bits per heavy atom. The lowest BCUT2D eigenvalue weighted by molar-refractivity contribution is 0.0696. The van der Waals surface area contributed by atoms with E-state index in [1.54, 1.807) is 6.92 Å². The molecule has 0 fully saturated rings. The van der Waals surface area contributed by atoms with Gasteiger partial charge >= 0.3 is 5.97 Å². The molecular weight excluding hydrogens is 370 g/mol. The molecule has 2 N–H and O–H groups in total. The van der Waals surface area contributed by atoms with Crippen molar-refractivity contribution >= 4 is 42.7 Å². The van der Waals surface area contributed by atoms with Crippen LogP contribution in [-0.4, -0.2) is 41.8 Å². The van der Waals surface area contributed by atoms with Crippen LogP contribution >= 0.6 is 15.9 Å². The zero-order chi connectivity index (χ0) is 15.3. The summed E-state index contributed by atoms with van der Waals surface area (Å²) in [5.41, 5.74) is -0.120. The molecular formula is C11H14BrNO5S2. The van der Waals surface area contributed by atoms with Crippen LogP contribution in [0, 0.1) is 0 Å². The highest BCUT2D eigenvalue weighted by Crippen LogP contribution is 2.23. The van der Waals surface area contributed by atoms with Gasteiger partial charge in [0.15, 0.2) is 0 Å². The van der Waals surface area contributed by atoms with Crippen LogP contribution in [0.25, 0.3) is 0 Å². The molecule has 0 aliphatic carbocycles. The highest BCUT2D eigenvalue weighted by atomic mass is 79.9. The zero-order valence-corrected chi connectivity index (χ0v) is 13.8. The van der Waals surface area contributed by atoms with Crippen molar-refractivity contribution in [2.45, 2.75) is 11.8 Å². The summed E-state index contributed by atoms with van der Waals surface area (Å²) < 4.78 is 37.9. The van der Waals surface area contributed by atoms with E-state index < -0.39 is 26.8 Å². The Kier molecular flexibility index (Phi) is 6.31.